The molecular weight excluding hydrogens is 254 g/mol. The highest BCUT2D eigenvalue weighted by Gasteiger charge is 2.32. The summed E-state index contributed by atoms with van der Waals surface area (Å²) in [5.41, 5.74) is 6.71. The number of rotatable bonds is 6. The summed E-state index contributed by atoms with van der Waals surface area (Å²) in [6, 6.07) is 5.91. The zero-order valence-electron chi connectivity index (χ0n) is 12.6. The molecule has 1 atom stereocenters. The first-order chi connectivity index (χ1) is 9.55. The van der Waals surface area contributed by atoms with Crippen molar-refractivity contribution in [2.24, 2.45) is 5.73 Å². The number of nitrogens with two attached hydrogens (primary N) is 1. The standard InChI is InChI=1S/C16H25NO3/c1-16(2)9-7-13(20-16)11-19-15-12(8-10-17)5-4-6-14(15)18-3/h4-6,13H,7-11,17H2,1-3H3. The van der Waals surface area contributed by atoms with Gasteiger partial charge in [-0.2, -0.15) is 0 Å². The van der Waals surface area contributed by atoms with E-state index in [4.69, 9.17) is 19.9 Å². The smallest absolute Gasteiger partial charge is 0.164 e. The fourth-order valence-electron chi connectivity index (χ4n) is 2.61. The molecule has 4 nitrogen and oxygen atoms in total. The van der Waals surface area contributed by atoms with Gasteiger partial charge in [0.1, 0.15) is 6.61 Å². The van der Waals surface area contributed by atoms with Crippen LogP contribution in [0.1, 0.15) is 32.3 Å². The summed E-state index contributed by atoms with van der Waals surface area (Å²) in [6.07, 6.45) is 3.04. The van der Waals surface area contributed by atoms with E-state index < -0.39 is 0 Å². The molecule has 0 saturated carbocycles. The van der Waals surface area contributed by atoms with Crippen molar-refractivity contribution < 1.29 is 14.2 Å². The lowest BCUT2D eigenvalue weighted by Crippen LogP contribution is -2.24. The summed E-state index contributed by atoms with van der Waals surface area (Å²) in [6.45, 7) is 5.39. The predicted molar refractivity (Wildman–Crippen MR) is 79.4 cm³/mol. The van der Waals surface area contributed by atoms with Crippen LogP contribution in [0.2, 0.25) is 0 Å². The van der Waals surface area contributed by atoms with Crippen molar-refractivity contribution in [3.63, 3.8) is 0 Å². The van der Waals surface area contributed by atoms with Crippen LogP contribution in [0.4, 0.5) is 0 Å². The van der Waals surface area contributed by atoms with Gasteiger partial charge in [-0.05, 0) is 51.3 Å². The third kappa shape index (κ3) is 3.64. The lowest BCUT2D eigenvalue weighted by molar-refractivity contribution is -0.0330. The zero-order chi connectivity index (χ0) is 14.6. The molecular formula is C16H25NO3. The molecule has 1 unspecified atom stereocenters. The van der Waals surface area contributed by atoms with Gasteiger partial charge in [0.15, 0.2) is 11.5 Å². The Kier molecular flexibility index (Phi) is 4.89. The van der Waals surface area contributed by atoms with Gasteiger partial charge in [0.25, 0.3) is 0 Å². The van der Waals surface area contributed by atoms with Crippen LogP contribution in [0, 0.1) is 0 Å². The fourth-order valence-corrected chi connectivity index (χ4v) is 2.61. The highest BCUT2D eigenvalue weighted by molar-refractivity contribution is 5.46. The second-order valence-electron chi connectivity index (χ2n) is 5.84. The van der Waals surface area contributed by atoms with Gasteiger partial charge >= 0.3 is 0 Å². The minimum Gasteiger partial charge on any atom is -0.493 e. The van der Waals surface area contributed by atoms with Crippen LogP contribution in [-0.2, 0) is 11.2 Å². The highest BCUT2D eigenvalue weighted by atomic mass is 16.6. The third-order valence-corrected chi connectivity index (χ3v) is 3.66. The molecule has 1 heterocycles. The molecule has 1 aromatic rings. The molecule has 1 aromatic carbocycles. The monoisotopic (exact) mass is 279 g/mol. The molecule has 0 aliphatic carbocycles. The Morgan fingerprint density at radius 2 is 2.20 bits per heavy atom. The largest absolute Gasteiger partial charge is 0.493 e. The van der Waals surface area contributed by atoms with E-state index in [0.717, 1.165) is 36.3 Å². The van der Waals surface area contributed by atoms with Crippen LogP contribution >= 0.6 is 0 Å². The summed E-state index contributed by atoms with van der Waals surface area (Å²) >= 11 is 0. The Bertz CT molecular complexity index is 445. The van der Waals surface area contributed by atoms with Gasteiger partial charge in [0.2, 0.25) is 0 Å². The van der Waals surface area contributed by atoms with E-state index in [-0.39, 0.29) is 11.7 Å². The molecule has 1 saturated heterocycles. The highest BCUT2D eigenvalue weighted by Crippen LogP contribution is 2.34. The summed E-state index contributed by atoms with van der Waals surface area (Å²) in [5, 5.41) is 0. The van der Waals surface area contributed by atoms with Crippen molar-refractivity contribution >= 4 is 0 Å². The van der Waals surface area contributed by atoms with Gasteiger partial charge < -0.3 is 19.9 Å². The van der Waals surface area contributed by atoms with Crippen molar-refractivity contribution in [3.05, 3.63) is 23.8 Å². The fraction of sp³-hybridized carbons (Fsp3) is 0.625. The van der Waals surface area contributed by atoms with E-state index in [2.05, 4.69) is 13.8 Å². The predicted octanol–water partition coefficient (Wildman–Crippen LogP) is 2.53. The maximum absolute atomic E-state index is 5.98. The van der Waals surface area contributed by atoms with Crippen LogP contribution in [0.15, 0.2) is 18.2 Å². The van der Waals surface area contributed by atoms with Gasteiger partial charge in [0, 0.05) is 0 Å². The minimum atomic E-state index is -0.0328. The Hall–Kier alpha value is -1.26. The average molecular weight is 279 g/mol. The van der Waals surface area contributed by atoms with Crippen LogP contribution in [0.25, 0.3) is 0 Å². The van der Waals surface area contributed by atoms with Gasteiger partial charge in [-0.3, -0.25) is 0 Å². The second kappa shape index (κ2) is 6.46. The Labute approximate surface area is 121 Å². The van der Waals surface area contributed by atoms with E-state index in [1.165, 1.54) is 0 Å². The molecule has 4 heteroatoms. The normalized spacial score (nSPS) is 20.9. The summed E-state index contributed by atoms with van der Waals surface area (Å²) < 4.78 is 17.3. The SMILES string of the molecule is COc1cccc(CCN)c1OCC1CCC(C)(C)O1. The molecule has 112 valence electrons. The summed E-state index contributed by atoms with van der Waals surface area (Å²) in [7, 11) is 1.66. The quantitative estimate of drug-likeness (QED) is 0.869. The molecule has 20 heavy (non-hydrogen) atoms. The molecule has 0 bridgehead atoms. The maximum atomic E-state index is 5.98. The second-order valence-corrected chi connectivity index (χ2v) is 5.84. The number of hydrogen-bond acceptors (Lipinski definition) is 4. The van der Waals surface area contributed by atoms with Gasteiger partial charge in [-0.1, -0.05) is 12.1 Å². The van der Waals surface area contributed by atoms with Crippen LogP contribution in [0.3, 0.4) is 0 Å². The summed E-state index contributed by atoms with van der Waals surface area (Å²) in [4.78, 5) is 0. The lowest BCUT2D eigenvalue weighted by atomic mass is 10.1. The first-order valence-electron chi connectivity index (χ1n) is 7.22. The maximum Gasteiger partial charge on any atom is 0.164 e. The number of ether oxygens (including phenoxy) is 3. The van der Waals surface area contributed by atoms with E-state index >= 15 is 0 Å². The number of methoxy groups -OCH3 is 1. The zero-order valence-corrected chi connectivity index (χ0v) is 12.6. The number of benzene rings is 1. The first-order valence-corrected chi connectivity index (χ1v) is 7.22. The molecule has 1 aliphatic rings. The van der Waals surface area contributed by atoms with E-state index in [1.54, 1.807) is 7.11 Å². The number of para-hydroxylation sites is 1. The molecule has 0 radical (unpaired) electrons. The van der Waals surface area contributed by atoms with E-state index in [9.17, 15) is 0 Å². The third-order valence-electron chi connectivity index (χ3n) is 3.66. The average Bonchev–Trinajstić information content (AvgIpc) is 2.77. The van der Waals surface area contributed by atoms with Gasteiger partial charge in [-0.15, -0.1) is 0 Å². The number of hydrogen-bond donors (Lipinski definition) is 1. The van der Waals surface area contributed by atoms with Crippen LogP contribution in [-0.4, -0.2) is 32.0 Å². The van der Waals surface area contributed by atoms with Gasteiger partial charge in [-0.25, -0.2) is 0 Å². The molecule has 0 aromatic heterocycles. The molecule has 0 spiro atoms. The van der Waals surface area contributed by atoms with Crippen LogP contribution < -0.4 is 15.2 Å². The molecule has 2 rings (SSSR count). The molecule has 1 aliphatic heterocycles. The topological polar surface area (TPSA) is 53.7 Å². The lowest BCUT2D eigenvalue weighted by Gasteiger charge is -2.21. The van der Waals surface area contributed by atoms with Crippen LogP contribution in [0.5, 0.6) is 11.5 Å². The summed E-state index contributed by atoms with van der Waals surface area (Å²) in [5.74, 6) is 1.56. The molecule has 2 N–H and O–H groups in total. The van der Waals surface area contributed by atoms with Crippen molar-refractivity contribution in [1.29, 1.82) is 0 Å². The van der Waals surface area contributed by atoms with E-state index in [0.29, 0.717) is 13.2 Å². The van der Waals surface area contributed by atoms with Crippen molar-refractivity contribution in [1.82, 2.24) is 0 Å². The van der Waals surface area contributed by atoms with Crippen molar-refractivity contribution in [3.8, 4) is 11.5 Å². The Balaban J connectivity index is 2.04. The first kappa shape index (κ1) is 15.1. The molecule has 0 amide bonds. The Morgan fingerprint density at radius 3 is 2.80 bits per heavy atom. The van der Waals surface area contributed by atoms with Crippen molar-refractivity contribution in [2.45, 2.75) is 44.8 Å². The van der Waals surface area contributed by atoms with E-state index in [1.807, 2.05) is 18.2 Å². The van der Waals surface area contributed by atoms with Gasteiger partial charge in [0.05, 0.1) is 18.8 Å². The Morgan fingerprint density at radius 1 is 1.40 bits per heavy atom. The van der Waals surface area contributed by atoms with Crippen molar-refractivity contribution in [2.75, 3.05) is 20.3 Å². The molecule has 1 fully saturated rings. The minimum absolute atomic E-state index is 0.0328.